The second kappa shape index (κ2) is 28.6. The number of carbonyl (C=O) groups excluding carboxylic acids is 1. The van der Waals surface area contributed by atoms with Crippen LogP contribution in [0.1, 0.15) is 39.0 Å². The Labute approximate surface area is 540 Å². The number of carboxylic acid groups (broad SMARTS) is 1. The van der Waals surface area contributed by atoms with E-state index in [0.717, 1.165) is 27.8 Å². The van der Waals surface area contributed by atoms with Gasteiger partial charge in [0.25, 0.3) is 16.7 Å². The molecule has 96 heavy (non-hydrogen) atoms. The van der Waals surface area contributed by atoms with Crippen molar-refractivity contribution in [2.45, 2.75) is 46.0 Å². The summed E-state index contributed by atoms with van der Waals surface area (Å²) in [6.45, 7) is -3.25. The quantitative estimate of drug-likeness (QED) is 0.0551. The zero-order chi connectivity index (χ0) is 67.9. The zero-order valence-electron chi connectivity index (χ0n) is 51.3. The molecule has 1 aliphatic rings. The van der Waals surface area contributed by atoms with Crippen molar-refractivity contribution in [3.8, 4) is 50.6 Å². The van der Waals surface area contributed by atoms with Crippen LogP contribution < -0.4 is 30.9 Å². The number of carbonyl (C=O) groups is 2. The summed E-state index contributed by atoms with van der Waals surface area (Å²) >= 11 is 0. The Kier molecular flexibility index (Phi) is 19.6. The number of fused-ring (bicyclic) bond motifs is 3. The Morgan fingerprint density at radius 1 is 0.490 bits per heavy atom. The number of likely N-dealkylation sites (tertiary alicyclic amines) is 1. The first-order valence-corrected chi connectivity index (χ1v) is 29.4. The van der Waals surface area contributed by atoms with E-state index in [2.05, 4.69) is 50.7 Å². The first-order valence-electron chi connectivity index (χ1n) is 29.4. The number of aromatic nitrogens is 12. The maximum atomic E-state index is 12.9. The molecule has 22 nitrogen and oxygen atoms in total. The normalized spacial score (nSPS) is 12.4. The predicted octanol–water partition coefficient (Wildman–Crippen LogP) is 10.3. The number of halogens is 6. The molecule has 0 radical (unpaired) electrons. The van der Waals surface area contributed by atoms with Gasteiger partial charge in [0.05, 0.1) is 64.8 Å². The topological polar surface area (TPSA) is 243 Å². The highest BCUT2D eigenvalue weighted by Gasteiger charge is 2.33. The molecule has 0 aliphatic carbocycles. The van der Waals surface area contributed by atoms with Crippen molar-refractivity contribution in [2.24, 2.45) is 27.1 Å². The number of benzene rings is 6. The van der Waals surface area contributed by atoms with E-state index >= 15 is 0 Å². The van der Waals surface area contributed by atoms with Crippen molar-refractivity contribution in [1.29, 1.82) is 0 Å². The maximum absolute atomic E-state index is 12.9. The first kappa shape index (κ1) is 65.7. The molecule has 6 aromatic carbocycles. The fraction of sp³-hybridized carbons (Fsp3) is 0.191. The Morgan fingerprint density at radius 3 is 1.12 bits per heavy atom. The summed E-state index contributed by atoms with van der Waals surface area (Å²) in [5, 5.41) is 10.5. The fourth-order valence-corrected chi connectivity index (χ4v) is 11.0. The van der Waals surface area contributed by atoms with E-state index in [1.54, 1.807) is 151 Å². The van der Waals surface area contributed by atoms with Crippen LogP contribution in [0.25, 0.3) is 72.2 Å². The number of rotatable bonds is 20. The lowest BCUT2D eigenvalue weighted by Crippen LogP contribution is -2.49. The van der Waals surface area contributed by atoms with Crippen molar-refractivity contribution in [3.63, 3.8) is 0 Å². The lowest BCUT2D eigenvalue weighted by Gasteiger charge is -2.35. The zero-order valence-corrected chi connectivity index (χ0v) is 51.3. The van der Waals surface area contributed by atoms with Crippen molar-refractivity contribution in [1.82, 2.24) is 62.9 Å². The molecular weight excluding hydrogens is 1260 g/mol. The van der Waals surface area contributed by atoms with E-state index < -0.39 is 25.8 Å². The van der Waals surface area contributed by atoms with Crippen molar-refractivity contribution in [3.05, 3.63) is 236 Å². The number of carboxylic acids is 1. The molecule has 1 aliphatic heterocycles. The van der Waals surface area contributed by atoms with E-state index in [9.17, 15) is 50.3 Å². The molecule has 490 valence electrons. The maximum Gasteiger partial charge on any atom is 0.387 e. The highest BCUT2D eigenvalue weighted by molar-refractivity contribution is 5.87. The van der Waals surface area contributed by atoms with E-state index in [4.69, 9.17) is 5.11 Å². The van der Waals surface area contributed by atoms with Gasteiger partial charge in [0, 0.05) is 105 Å². The minimum atomic E-state index is -2.95. The van der Waals surface area contributed by atoms with Gasteiger partial charge in [-0.15, -0.1) is 0 Å². The largest absolute Gasteiger partial charge is 0.481 e. The molecule has 0 bridgehead atoms. The molecule has 1 fully saturated rings. The van der Waals surface area contributed by atoms with Crippen LogP contribution >= 0.6 is 0 Å². The monoisotopic (exact) mass is 1310 g/mol. The van der Waals surface area contributed by atoms with Gasteiger partial charge in [-0.1, -0.05) is 79.4 Å². The summed E-state index contributed by atoms with van der Waals surface area (Å²) in [5.74, 6) is 0.242. The third-order valence-electron chi connectivity index (χ3n) is 16.0. The number of hydrogen-bond acceptors (Lipinski definition) is 15. The van der Waals surface area contributed by atoms with Crippen LogP contribution in [0.4, 0.5) is 26.3 Å². The summed E-state index contributed by atoms with van der Waals surface area (Å²) in [6.07, 6.45) is 11.9. The summed E-state index contributed by atoms with van der Waals surface area (Å²) in [6, 6.07) is 35.6. The van der Waals surface area contributed by atoms with Crippen LogP contribution in [-0.4, -0.2) is 113 Å². The Bertz CT molecular complexity index is 4820. The molecule has 0 amide bonds. The smallest absolute Gasteiger partial charge is 0.387 e. The number of aliphatic carboxylic acids is 1. The lowest BCUT2D eigenvalue weighted by atomic mass is 10.0. The highest BCUT2D eigenvalue weighted by atomic mass is 19.3. The number of alkyl halides is 6. The molecule has 13 rings (SSSR count). The molecule has 28 heteroatoms. The molecule has 12 aromatic rings. The van der Waals surface area contributed by atoms with Crippen LogP contribution in [0, 0.1) is 5.92 Å². The van der Waals surface area contributed by atoms with Gasteiger partial charge in [-0.2, -0.15) is 26.3 Å². The Morgan fingerprint density at radius 2 is 0.812 bits per heavy atom. The third kappa shape index (κ3) is 14.4. The number of nitrogens with zero attached hydrogens (tertiary/aromatic N) is 13. The first-order chi connectivity index (χ1) is 46.2. The molecule has 0 spiro atoms. The van der Waals surface area contributed by atoms with E-state index in [-0.39, 0.29) is 65.3 Å². The molecular formula is C68H57F6N13O9. The Balaban J connectivity index is 0.000000147. The van der Waals surface area contributed by atoms with Crippen LogP contribution in [0.15, 0.2) is 186 Å². The minimum absolute atomic E-state index is 0.0517. The van der Waals surface area contributed by atoms with Gasteiger partial charge >= 0.3 is 25.8 Å². The third-order valence-corrected chi connectivity index (χ3v) is 16.0. The van der Waals surface area contributed by atoms with Crippen LogP contribution in [0.3, 0.4) is 0 Å². The second-order valence-electron chi connectivity index (χ2n) is 21.9. The number of aldehydes is 1. The summed E-state index contributed by atoms with van der Waals surface area (Å²) in [7, 11) is 4.88. The van der Waals surface area contributed by atoms with Crippen molar-refractivity contribution < 1.29 is 55.2 Å². The number of ether oxygens (including phenoxy) is 3. The summed E-state index contributed by atoms with van der Waals surface area (Å²) in [5.41, 5.74) is 7.45. The van der Waals surface area contributed by atoms with Crippen LogP contribution in [0.5, 0.6) is 17.2 Å². The molecule has 0 unspecified atom stereocenters. The average Bonchev–Trinajstić information content (AvgIpc) is 1.63. The Hall–Kier alpha value is -11.8. The predicted molar refractivity (Wildman–Crippen MR) is 343 cm³/mol. The number of para-hydroxylation sites is 3. The van der Waals surface area contributed by atoms with Crippen molar-refractivity contribution >= 4 is 51.0 Å². The van der Waals surface area contributed by atoms with Crippen molar-refractivity contribution in [2.75, 3.05) is 13.1 Å². The number of hydrogen-bond donors (Lipinski definition) is 1. The van der Waals surface area contributed by atoms with Gasteiger partial charge in [-0.3, -0.25) is 57.0 Å². The molecule has 0 atom stereocenters. The van der Waals surface area contributed by atoms with Gasteiger partial charge < -0.3 is 19.3 Å². The molecule has 0 saturated carbocycles. The highest BCUT2D eigenvalue weighted by Crippen LogP contribution is 2.31. The minimum Gasteiger partial charge on any atom is -0.481 e. The van der Waals surface area contributed by atoms with E-state index in [1.165, 1.54) is 44.6 Å². The van der Waals surface area contributed by atoms with Crippen LogP contribution in [-0.2, 0) is 52.1 Å². The second-order valence-corrected chi connectivity index (χ2v) is 21.9. The van der Waals surface area contributed by atoms with Gasteiger partial charge in [-0.25, -0.2) is 29.9 Å². The standard InChI is InChI=1S/C25H23F2N5O4.C22H18F2N4O2.C21H16F2N4O3/c1-30-23(33)19-7-6-15(17-9-28-22(29-10-17)14-31-11-18(12-31)24(34)35)8-20(19)32(30)13-16-4-2-3-5-21(16)36-25(26)27;1-3-20-25-11-16(12-26-20)14-8-9-17-18(10-14)28(27(2)21(17)29)13-15-6-4-5-7-19(15)30-22(23)24;1-26-20(29)16-7-6-13(15-9-24-19(12-28)25-10-15)8-17(16)27(26)11-14-4-2-3-5-18(14)30-21(22)23/h2-10,18,25H,11-14H2,1H3,(H,34,35);3-12,22H,1,13H2,2H3;2-10,12,21H,11H2,1H3. The summed E-state index contributed by atoms with van der Waals surface area (Å²) in [4.78, 5) is 87.1. The van der Waals surface area contributed by atoms with E-state index in [1.807, 2.05) is 29.2 Å². The SMILES string of the molecule is C=Cc1ncc(-c2ccc3c(=O)n(C)n(Cc4ccccc4OC(F)F)c3c2)cn1.Cn1c(=O)c2ccc(-c3cnc(C=O)nc3)cc2n1Cc1ccccc1OC(F)F.Cn1c(=O)c2ccc(-c3cnc(CN4CC(C(=O)O)C4)nc3)cc2n1Cc1ccccc1OC(F)F. The molecule has 7 heterocycles. The van der Waals surface area contributed by atoms with Gasteiger partial charge in [-0.05, 0) is 77.4 Å². The van der Waals surface area contributed by atoms with E-state index in [0.29, 0.717) is 92.5 Å². The van der Waals surface area contributed by atoms with Gasteiger partial charge in [0.15, 0.2) is 17.9 Å². The lowest BCUT2D eigenvalue weighted by molar-refractivity contribution is -0.147. The van der Waals surface area contributed by atoms with Crippen LogP contribution in [0.2, 0.25) is 0 Å². The average molecular weight is 1310 g/mol. The molecule has 1 saturated heterocycles. The van der Waals surface area contributed by atoms with Gasteiger partial charge in [0.2, 0.25) is 0 Å². The van der Waals surface area contributed by atoms with Gasteiger partial charge in [0.1, 0.15) is 23.1 Å². The summed E-state index contributed by atoms with van der Waals surface area (Å²) < 4.78 is 100. The fourth-order valence-electron chi connectivity index (χ4n) is 11.0. The molecule has 1 N–H and O–H groups in total. The molecule has 6 aromatic heterocycles.